The summed E-state index contributed by atoms with van der Waals surface area (Å²) in [6, 6.07) is 8.04. The Labute approximate surface area is 108 Å². The first kappa shape index (κ1) is 13.3. The van der Waals surface area contributed by atoms with Crippen molar-refractivity contribution in [2.24, 2.45) is 5.84 Å². The second kappa shape index (κ2) is 6.18. The molecule has 100 valence electrons. The summed E-state index contributed by atoms with van der Waals surface area (Å²) < 4.78 is 11.4. The molecule has 18 heavy (non-hydrogen) atoms. The second-order valence-electron chi connectivity index (χ2n) is 4.99. The Morgan fingerprint density at radius 3 is 2.78 bits per heavy atom. The van der Waals surface area contributed by atoms with Gasteiger partial charge in [0, 0.05) is 0 Å². The van der Waals surface area contributed by atoms with Gasteiger partial charge >= 0.3 is 0 Å². The molecule has 1 aliphatic rings. The molecule has 0 aromatic heterocycles. The number of hydrazine groups is 1. The van der Waals surface area contributed by atoms with E-state index in [1.807, 2.05) is 38.1 Å². The van der Waals surface area contributed by atoms with Crippen LogP contribution in [-0.2, 0) is 4.74 Å². The highest BCUT2D eigenvalue weighted by atomic mass is 16.5. The molecule has 0 saturated heterocycles. The van der Waals surface area contributed by atoms with Crippen LogP contribution in [0.1, 0.15) is 38.3 Å². The fourth-order valence-electron chi connectivity index (χ4n) is 1.71. The normalized spacial score (nSPS) is 16.9. The first-order chi connectivity index (χ1) is 8.69. The Balaban J connectivity index is 1.99. The van der Waals surface area contributed by atoms with Crippen molar-refractivity contribution in [2.45, 2.75) is 44.9 Å². The molecule has 0 spiro atoms. The van der Waals surface area contributed by atoms with Crippen molar-refractivity contribution in [3.05, 3.63) is 29.8 Å². The number of hydrogen-bond acceptors (Lipinski definition) is 4. The maximum Gasteiger partial charge on any atom is 0.120 e. The Morgan fingerprint density at radius 1 is 1.39 bits per heavy atom. The topological polar surface area (TPSA) is 56.5 Å². The van der Waals surface area contributed by atoms with Gasteiger partial charge in [-0.05, 0) is 44.4 Å². The molecule has 0 heterocycles. The van der Waals surface area contributed by atoms with Crippen LogP contribution < -0.4 is 16.0 Å². The minimum absolute atomic E-state index is 0.00449. The molecule has 1 aromatic carbocycles. The minimum Gasteiger partial charge on any atom is -0.490 e. The monoisotopic (exact) mass is 250 g/mol. The fraction of sp³-hybridized carbons (Fsp3) is 0.571. The summed E-state index contributed by atoms with van der Waals surface area (Å²) in [6.45, 7) is 4.58. The van der Waals surface area contributed by atoms with Gasteiger partial charge in [-0.15, -0.1) is 0 Å². The molecular weight excluding hydrogens is 228 g/mol. The van der Waals surface area contributed by atoms with Crippen LogP contribution in [0.5, 0.6) is 5.75 Å². The average molecular weight is 250 g/mol. The van der Waals surface area contributed by atoms with E-state index in [9.17, 15) is 0 Å². The van der Waals surface area contributed by atoms with Crippen molar-refractivity contribution in [3.8, 4) is 5.75 Å². The zero-order valence-corrected chi connectivity index (χ0v) is 11.1. The van der Waals surface area contributed by atoms with E-state index in [0.29, 0.717) is 12.7 Å². The van der Waals surface area contributed by atoms with Crippen LogP contribution in [-0.4, -0.2) is 18.8 Å². The number of nitrogens with two attached hydrogens (primary N) is 1. The van der Waals surface area contributed by atoms with E-state index in [4.69, 9.17) is 15.3 Å². The quantitative estimate of drug-likeness (QED) is 0.575. The number of rotatable bonds is 7. The first-order valence-electron chi connectivity index (χ1n) is 6.53. The largest absolute Gasteiger partial charge is 0.490 e. The minimum atomic E-state index is -0.00449. The lowest BCUT2D eigenvalue weighted by molar-refractivity contribution is 0.0611. The smallest absolute Gasteiger partial charge is 0.120 e. The van der Waals surface area contributed by atoms with Gasteiger partial charge in [0.15, 0.2) is 0 Å². The predicted octanol–water partition coefficient (Wildman–Crippen LogP) is 2.16. The fourth-order valence-corrected chi connectivity index (χ4v) is 1.71. The first-order valence-corrected chi connectivity index (χ1v) is 6.53. The molecule has 1 aromatic rings. The van der Waals surface area contributed by atoms with Gasteiger partial charge < -0.3 is 9.47 Å². The summed E-state index contributed by atoms with van der Waals surface area (Å²) in [6.07, 6.45) is 2.95. The lowest BCUT2D eigenvalue weighted by Crippen LogP contribution is -2.32. The molecule has 0 radical (unpaired) electrons. The van der Waals surface area contributed by atoms with Crippen molar-refractivity contribution in [1.82, 2.24) is 5.43 Å². The maximum absolute atomic E-state index is 5.78. The third kappa shape index (κ3) is 3.98. The lowest BCUT2D eigenvalue weighted by Gasteiger charge is -2.19. The summed E-state index contributed by atoms with van der Waals surface area (Å²) in [5.41, 5.74) is 3.88. The van der Waals surface area contributed by atoms with Crippen LogP contribution in [0, 0.1) is 0 Å². The molecule has 4 nitrogen and oxygen atoms in total. The van der Waals surface area contributed by atoms with E-state index in [1.165, 1.54) is 12.8 Å². The summed E-state index contributed by atoms with van der Waals surface area (Å²) in [4.78, 5) is 0. The maximum atomic E-state index is 5.78. The van der Waals surface area contributed by atoms with Crippen molar-refractivity contribution >= 4 is 0 Å². The molecule has 1 fully saturated rings. The molecule has 1 atom stereocenters. The van der Waals surface area contributed by atoms with Gasteiger partial charge in [-0.3, -0.25) is 11.3 Å². The van der Waals surface area contributed by atoms with Gasteiger partial charge in [-0.2, -0.15) is 0 Å². The SMILES string of the molecule is CC(C)OCC(NN)c1cccc(OC2CC2)c1. The molecule has 0 amide bonds. The van der Waals surface area contributed by atoms with Crippen molar-refractivity contribution < 1.29 is 9.47 Å². The molecular formula is C14H22N2O2. The predicted molar refractivity (Wildman–Crippen MR) is 71.2 cm³/mol. The Bertz CT molecular complexity index is 378. The van der Waals surface area contributed by atoms with E-state index < -0.39 is 0 Å². The molecule has 1 unspecified atom stereocenters. The molecule has 4 heteroatoms. The van der Waals surface area contributed by atoms with E-state index in [2.05, 4.69) is 5.43 Å². The van der Waals surface area contributed by atoms with Gasteiger partial charge in [0.05, 0.1) is 24.9 Å². The standard InChI is InChI=1S/C14H22N2O2/c1-10(2)17-9-14(16-15)11-4-3-5-13(8-11)18-12-6-7-12/h3-5,8,10,12,14,16H,6-7,9,15H2,1-2H3. The average Bonchev–Trinajstić information content (AvgIpc) is 3.14. The van der Waals surface area contributed by atoms with Crippen molar-refractivity contribution in [2.75, 3.05) is 6.61 Å². The van der Waals surface area contributed by atoms with Gasteiger partial charge in [0.25, 0.3) is 0 Å². The summed E-state index contributed by atoms with van der Waals surface area (Å²) in [5.74, 6) is 6.50. The Morgan fingerprint density at radius 2 is 2.17 bits per heavy atom. The third-order valence-corrected chi connectivity index (χ3v) is 2.88. The van der Waals surface area contributed by atoms with Crippen LogP contribution in [0.25, 0.3) is 0 Å². The van der Waals surface area contributed by atoms with Gasteiger partial charge in [-0.1, -0.05) is 12.1 Å². The highest BCUT2D eigenvalue weighted by Crippen LogP contribution is 2.28. The highest BCUT2D eigenvalue weighted by Gasteiger charge is 2.23. The third-order valence-electron chi connectivity index (χ3n) is 2.88. The Kier molecular flexibility index (Phi) is 4.58. The van der Waals surface area contributed by atoms with Crippen LogP contribution in [0.2, 0.25) is 0 Å². The van der Waals surface area contributed by atoms with E-state index in [1.54, 1.807) is 0 Å². The Hall–Kier alpha value is -1.10. The molecule has 2 rings (SSSR count). The van der Waals surface area contributed by atoms with Crippen LogP contribution in [0.3, 0.4) is 0 Å². The van der Waals surface area contributed by atoms with Gasteiger partial charge in [0.2, 0.25) is 0 Å². The second-order valence-corrected chi connectivity index (χ2v) is 4.99. The van der Waals surface area contributed by atoms with Crippen LogP contribution in [0.4, 0.5) is 0 Å². The highest BCUT2D eigenvalue weighted by molar-refractivity contribution is 5.31. The van der Waals surface area contributed by atoms with E-state index in [-0.39, 0.29) is 12.1 Å². The lowest BCUT2D eigenvalue weighted by atomic mass is 10.1. The molecule has 1 aliphatic carbocycles. The van der Waals surface area contributed by atoms with Crippen LogP contribution in [0.15, 0.2) is 24.3 Å². The van der Waals surface area contributed by atoms with E-state index in [0.717, 1.165) is 11.3 Å². The van der Waals surface area contributed by atoms with Crippen molar-refractivity contribution in [3.63, 3.8) is 0 Å². The van der Waals surface area contributed by atoms with Crippen LogP contribution >= 0.6 is 0 Å². The molecule has 3 N–H and O–H groups in total. The number of nitrogens with one attached hydrogen (secondary N) is 1. The van der Waals surface area contributed by atoms with Crippen molar-refractivity contribution in [1.29, 1.82) is 0 Å². The van der Waals surface area contributed by atoms with Gasteiger partial charge in [0.1, 0.15) is 5.75 Å². The van der Waals surface area contributed by atoms with E-state index >= 15 is 0 Å². The molecule has 0 bridgehead atoms. The molecule has 1 saturated carbocycles. The number of hydrogen-bond donors (Lipinski definition) is 2. The number of ether oxygens (including phenoxy) is 2. The molecule has 0 aliphatic heterocycles. The summed E-state index contributed by atoms with van der Waals surface area (Å²) >= 11 is 0. The van der Waals surface area contributed by atoms with Gasteiger partial charge in [-0.25, -0.2) is 0 Å². The number of benzene rings is 1. The summed E-state index contributed by atoms with van der Waals surface area (Å²) in [7, 11) is 0. The zero-order chi connectivity index (χ0) is 13.0. The zero-order valence-electron chi connectivity index (χ0n) is 11.1. The summed E-state index contributed by atoms with van der Waals surface area (Å²) in [5, 5.41) is 0.